The van der Waals surface area contributed by atoms with Crippen LogP contribution in [0.2, 0.25) is 0 Å². The van der Waals surface area contributed by atoms with Crippen LogP contribution in [0, 0.1) is 10.1 Å². The molecule has 0 unspecified atom stereocenters. The number of nitrogen functional groups attached to an aromatic ring is 1. The van der Waals surface area contributed by atoms with Gasteiger partial charge in [-0.1, -0.05) is 0 Å². The lowest BCUT2D eigenvalue weighted by atomic mass is 10.4. The van der Waals surface area contributed by atoms with E-state index in [1.807, 2.05) is 5.43 Å². The van der Waals surface area contributed by atoms with Gasteiger partial charge in [0.25, 0.3) is 0 Å². The molecule has 0 aliphatic rings. The van der Waals surface area contributed by atoms with Crippen LogP contribution >= 0.6 is 15.9 Å². The molecule has 0 fully saturated rings. The summed E-state index contributed by atoms with van der Waals surface area (Å²) >= 11 is 3.03. The Balaban J connectivity index is 2.17. The Bertz CT molecular complexity index is 634. The smallest absolute Gasteiger partial charge is 0.404 e. The van der Waals surface area contributed by atoms with Crippen molar-refractivity contribution in [3.8, 4) is 0 Å². The van der Waals surface area contributed by atoms with Gasteiger partial charge < -0.3 is 14.5 Å². The second kappa shape index (κ2) is 5.20. The van der Waals surface area contributed by atoms with Crippen LogP contribution in [0.5, 0.6) is 0 Å². The van der Waals surface area contributed by atoms with Gasteiger partial charge in [0.1, 0.15) is 16.8 Å². The van der Waals surface area contributed by atoms with E-state index in [-0.39, 0.29) is 22.6 Å². The van der Waals surface area contributed by atoms with Gasteiger partial charge in [-0.2, -0.15) is 4.68 Å². The largest absolute Gasteiger partial charge is 0.454 e. The Kier molecular flexibility index (Phi) is 3.62. The van der Waals surface area contributed by atoms with Crippen LogP contribution in [-0.4, -0.2) is 20.6 Å². The van der Waals surface area contributed by atoms with E-state index >= 15 is 0 Å². The van der Waals surface area contributed by atoms with Crippen LogP contribution in [0.3, 0.4) is 0 Å². The summed E-state index contributed by atoms with van der Waals surface area (Å²) in [7, 11) is 0. The van der Waals surface area contributed by atoms with E-state index in [9.17, 15) is 14.9 Å². The lowest BCUT2D eigenvalue weighted by Crippen LogP contribution is -2.29. The SMILES string of the molecule is NNC(=O)c1ccc(Cn2cc(Br)c([N+](=O)[O-])n2)o1. The fourth-order valence-electron chi connectivity index (χ4n) is 1.41. The van der Waals surface area contributed by atoms with Gasteiger partial charge in [0.2, 0.25) is 0 Å². The second-order valence-electron chi connectivity index (χ2n) is 3.49. The van der Waals surface area contributed by atoms with Crippen LogP contribution in [0.15, 0.2) is 27.2 Å². The molecule has 0 radical (unpaired) electrons. The molecule has 2 heterocycles. The molecule has 2 rings (SSSR count). The number of nitrogens with zero attached hydrogens (tertiary/aromatic N) is 3. The topological polar surface area (TPSA) is 129 Å². The van der Waals surface area contributed by atoms with E-state index in [0.717, 1.165) is 0 Å². The molecule has 0 aromatic carbocycles. The monoisotopic (exact) mass is 329 g/mol. The van der Waals surface area contributed by atoms with Crippen molar-refractivity contribution >= 4 is 27.7 Å². The van der Waals surface area contributed by atoms with Crippen molar-refractivity contribution in [1.29, 1.82) is 0 Å². The molecule has 0 bridgehead atoms. The number of furan rings is 1. The van der Waals surface area contributed by atoms with Crippen molar-refractivity contribution < 1.29 is 14.1 Å². The average Bonchev–Trinajstić information content (AvgIpc) is 2.95. The third-order valence-corrected chi connectivity index (χ3v) is 2.77. The summed E-state index contributed by atoms with van der Waals surface area (Å²) in [5.41, 5.74) is 1.93. The first-order valence-corrected chi connectivity index (χ1v) is 5.77. The zero-order valence-electron chi connectivity index (χ0n) is 9.37. The number of nitrogens with two attached hydrogens (primary N) is 1. The third-order valence-electron chi connectivity index (χ3n) is 2.21. The summed E-state index contributed by atoms with van der Waals surface area (Å²) in [5, 5.41) is 14.4. The standard InChI is InChI=1S/C9H8BrN5O4/c10-6-4-14(13-8(6)15(17)18)3-5-1-2-7(19-5)9(16)12-11/h1-2,4H,3,11H2,(H,12,16). The van der Waals surface area contributed by atoms with E-state index in [1.165, 1.54) is 16.9 Å². The Morgan fingerprint density at radius 3 is 2.95 bits per heavy atom. The Morgan fingerprint density at radius 1 is 1.63 bits per heavy atom. The summed E-state index contributed by atoms with van der Waals surface area (Å²) in [6.07, 6.45) is 1.45. The molecular weight excluding hydrogens is 322 g/mol. The molecule has 0 aliphatic carbocycles. The number of carbonyl (C=O) groups is 1. The van der Waals surface area contributed by atoms with Gasteiger partial charge in [-0.05, 0) is 33.0 Å². The van der Waals surface area contributed by atoms with Gasteiger partial charge in [0, 0.05) is 0 Å². The lowest BCUT2D eigenvalue weighted by molar-refractivity contribution is -0.390. The van der Waals surface area contributed by atoms with Crippen LogP contribution in [0.1, 0.15) is 16.3 Å². The Morgan fingerprint density at radius 2 is 2.37 bits per heavy atom. The van der Waals surface area contributed by atoms with Crippen molar-refractivity contribution in [3.05, 3.63) is 44.4 Å². The van der Waals surface area contributed by atoms with E-state index < -0.39 is 10.8 Å². The summed E-state index contributed by atoms with van der Waals surface area (Å²) in [6, 6.07) is 3.01. The normalized spacial score (nSPS) is 10.4. The maximum Gasteiger partial charge on any atom is 0.404 e. The number of rotatable bonds is 4. The molecule has 10 heteroatoms. The predicted octanol–water partition coefficient (Wildman–Crippen LogP) is 0.799. The minimum Gasteiger partial charge on any atom is -0.454 e. The summed E-state index contributed by atoms with van der Waals surface area (Å²) in [4.78, 5) is 21.2. The molecule has 2 aromatic heterocycles. The molecule has 9 nitrogen and oxygen atoms in total. The molecule has 0 spiro atoms. The van der Waals surface area contributed by atoms with Crippen LogP contribution in [0.25, 0.3) is 0 Å². The fourth-order valence-corrected chi connectivity index (χ4v) is 1.87. The molecule has 0 saturated heterocycles. The lowest BCUT2D eigenvalue weighted by Gasteiger charge is -1.94. The molecule has 0 atom stereocenters. The number of nitro groups is 1. The van der Waals surface area contributed by atoms with Gasteiger partial charge in [-0.3, -0.25) is 10.2 Å². The summed E-state index contributed by atoms with van der Waals surface area (Å²) in [6.45, 7) is 0.157. The first-order chi connectivity index (χ1) is 9.01. The Hall–Kier alpha value is -2.20. The number of nitrogens with one attached hydrogen (secondary N) is 1. The van der Waals surface area contributed by atoms with Crippen molar-refractivity contribution in [1.82, 2.24) is 15.2 Å². The van der Waals surface area contributed by atoms with Gasteiger partial charge in [0.15, 0.2) is 5.76 Å². The van der Waals surface area contributed by atoms with E-state index in [1.54, 1.807) is 6.07 Å². The molecule has 0 saturated carbocycles. The maximum absolute atomic E-state index is 11.2. The number of halogens is 1. The van der Waals surface area contributed by atoms with Crippen molar-refractivity contribution in [2.75, 3.05) is 0 Å². The highest BCUT2D eigenvalue weighted by molar-refractivity contribution is 9.10. The number of aromatic nitrogens is 2. The average molecular weight is 330 g/mol. The maximum atomic E-state index is 11.2. The number of hydrogen-bond donors (Lipinski definition) is 2. The highest BCUT2D eigenvalue weighted by Crippen LogP contribution is 2.22. The molecule has 19 heavy (non-hydrogen) atoms. The Labute approximate surface area is 114 Å². The molecule has 3 N–H and O–H groups in total. The molecule has 1 amide bonds. The van der Waals surface area contributed by atoms with Crippen molar-refractivity contribution in [2.24, 2.45) is 5.84 Å². The number of hydrogen-bond acceptors (Lipinski definition) is 6. The van der Waals surface area contributed by atoms with Gasteiger partial charge >= 0.3 is 11.7 Å². The highest BCUT2D eigenvalue weighted by atomic mass is 79.9. The van der Waals surface area contributed by atoms with E-state index in [4.69, 9.17) is 10.3 Å². The molecule has 0 aliphatic heterocycles. The van der Waals surface area contributed by atoms with Gasteiger partial charge in [-0.15, -0.1) is 0 Å². The number of amides is 1. The highest BCUT2D eigenvalue weighted by Gasteiger charge is 2.19. The summed E-state index contributed by atoms with van der Waals surface area (Å²) < 4.78 is 6.80. The summed E-state index contributed by atoms with van der Waals surface area (Å²) in [5.74, 6) is 4.60. The minimum atomic E-state index is -0.601. The van der Waals surface area contributed by atoms with Gasteiger partial charge in [0.05, 0.1) is 11.3 Å². The minimum absolute atomic E-state index is 0.0539. The van der Waals surface area contributed by atoms with Crippen molar-refractivity contribution in [3.63, 3.8) is 0 Å². The van der Waals surface area contributed by atoms with Crippen LogP contribution in [0.4, 0.5) is 5.82 Å². The zero-order valence-corrected chi connectivity index (χ0v) is 11.0. The van der Waals surface area contributed by atoms with Crippen LogP contribution < -0.4 is 11.3 Å². The third kappa shape index (κ3) is 2.80. The quantitative estimate of drug-likeness (QED) is 0.369. The molecule has 2 aromatic rings. The van der Waals surface area contributed by atoms with Gasteiger partial charge in [-0.25, -0.2) is 5.84 Å². The van der Waals surface area contributed by atoms with E-state index in [0.29, 0.717) is 5.76 Å². The first-order valence-electron chi connectivity index (χ1n) is 4.98. The first kappa shape index (κ1) is 13.2. The van der Waals surface area contributed by atoms with Crippen molar-refractivity contribution in [2.45, 2.75) is 6.54 Å². The number of hydrazine groups is 1. The van der Waals surface area contributed by atoms with Crippen LogP contribution in [-0.2, 0) is 6.54 Å². The second-order valence-corrected chi connectivity index (χ2v) is 4.35. The fraction of sp³-hybridized carbons (Fsp3) is 0.111. The number of carbonyl (C=O) groups excluding carboxylic acids is 1. The molecule has 100 valence electrons. The predicted molar refractivity (Wildman–Crippen MR) is 66.0 cm³/mol. The zero-order chi connectivity index (χ0) is 14.0. The van der Waals surface area contributed by atoms with E-state index in [2.05, 4.69) is 21.0 Å². The molecular formula is C9H8BrN5O4.